The van der Waals surface area contributed by atoms with Gasteiger partial charge < -0.3 is 16.2 Å². The average Bonchev–Trinajstić information content (AvgIpc) is 2.38. The first-order chi connectivity index (χ1) is 9.48. The summed E-state index contributed by atoms with van der Waals surface area (Å²) >= 11 is 0. The van der Waals surface area contributed by atoms with E-state index in [0.29, 0.717) is 18.3 Å². The Hall–Kier alpha value is -1.69. The Morgan fingerprint density at radius 3 is 2.90 bits per heavy atom. The van der Waals surface area contributed by atoms with Gasteiger partial charge in [-0.2, -0.15) is 0 Å². The van der Waals surface area contributed by atoms with Crippen molar-refractivity contribution in [1.29, 1.82) is 0 Å². The standard InChI is InChI=1S/C14H22N4O2/c1-3-20-14(6-4-5-9(2)7-14)13-17-8-10(12(16)19)11(15)18-13/h8-9H,3-7H2,1-2H3,(H2,16,19)(H2,15,17,18). The fraction of sp³-hybridized carbons (Fsp3) is 0.643. The van der Waals surface area contributed by atoms with E-state index in [1.807, 2.05) is 6.92 Å². The molecule has 1 aromatic heterocycles. The van der Waals surface area contributed by atoms with E-state index in [4.69, 9.17) is 16.2 Å². The minimum absolute atomic E-state index is 0.125. The molecule has 110 valence electrons. The van der Waals surface area contributed by atoms with E-state index in [1.165, 1.54) is 12.6 Å². The quantitative estimate of drug-likeness (QED) is 0.870. The predicted molar refractivity (Wildman–Crippen MR) is 75.9 cm³/mol. The SMILES string of the molecule is CCOC1(c2ncc(C(N)=O)c(N)n2)CCCC(C)C1. The normalized spacial score (nSPS) is 26.4. The first-order valence-corrected chi connectivity index (χ1v) is 7.05. The maximum atomic E-state index is 11.2. The monoisotopic (exact) mass is 278 g/mol. The second kappa shape index (κ2) is 5.75. The molecule has 20 heavy (non-hydrogen) atoms. The van der Waals surface area contributed by atoms with E-state index in [2.05, 4.69) is 16.9 Å². The summed E-state index contributed by atoms with van der Waals surface area (Å²) in [4.78, 5) is 19.8. The zero-order valence-electron chi connectivity index (χ0n) is 12.1. The number of hydrogen-bond donors (Lipinski definition) is 2. The van der Waals surface area contributed by atoms with Crippen molar-refractivity contribution in [2.45, 2.75) is 45.1 Å². The summed E-state index contributed by atoms with van der Waals surface area (Å²) in [6, 6.07) is 0. The molecule has 2 unspecified atom stereocenters. The van der Waals surface area contributed by atoms with Crippen molar-refractivity contribution in [3.63, 3.8) is 0 Å². The maximum Gasteiger partial charge on any atom is 0.254 e. The van der Waals surface area contributed by atoms with Crippen LogP contribution >= 0.6 is 0 Å². The van der Waals surface area contributed by atoms with Crippen molar-refractivity contribution in [2.24, 2.45) is 11.7 Å². The zero-order chi connectivity index (χ0) is 14.8. The molecule has 0 saturated heterocycles. The van der Waals surface area contributed by atoms with Crippen molar-refractivity contribution in [3.05, 3.63) is 17.6 Å². The van der Waals surface area contributed by atoms with E-state index in [-0.39, 0.29) is 11.4 Å². The molecule has 0 radical (unpaired) electrons. The molecule has 2 rings (SSSR count). The summed E-state index contributed by atoms with van der Waals surface area (Å²) in [5, 5.41) is 0. The van der Waals surface area contributed by atoms with Gasteiger partial charge in [-0.1, -0.05) is 13.3 Å². The van der Waals surface area contributed by atoms with Gasteiger partial charge in [0, 0.05) is 12.8 Å². The fourth-order valence-electron chi connectivity index (χ4n) is 2.98. The number of nitrogen functional groups attached to an aromatic ring is 1. The van der Waals surface area contributed by atoms with E-state index in [0.717, 1.165) is 19.3 Å². The first kappa shape index (κ1) is 14.7. The maximum absolute atomic E-state index is 11.2. The number of carbonyl (C=O) groups is 1. The summed E-state index contributed by atoms with van der Waals surface area (Å²) in [6.07, 6.45) is 5.41. The summed E-state index contributed by atoms with van der Waals surface area (Å²) < 4.78 is 5.99. The van der Waals surface area contributed by atoms with Gasteiger partial charge >= 0.3 is 0 Å². The van der Waals surface area contributed by atoms with Gasteiger partial charge in [0.25, 0.3) is 5.91 Å². The number of ether oxygens (including phenoxy) is 1. The molecule has 4 N–H and O–H groups in total. The van der Waals surface area contributed by atoms with Crippen molar-refractivity contribution in [3.8, 4) is 0 Å². The van der Waals surface area contributed by atoms with E-state index in [9.17, 15) is 4.79 Å². The molecule has 1 amide bonds. The third-order valence-electron chi connectivity index (χ3n) is 3.87. The topological polar surface area (TPSA) is 104 Å². The molecule has 2 atom stereocenters. The van der Waals surface area contributed by atoms with Gasteiger partial charge in [-0.05, 0) is 32.1 Å². The van der Waals surface area contributed by atoms with Gasteiger partial charge in [-0.25, -0.2) is 9.97 Å². The molecule has 0 aromatic carbocycles. The average molecular weight is 278 g/mol. The van der Waals surface area contributed by atoms with E-state index < -0.39 is 11.5 Å². The van der Waals surface area contributed by atoms with Crippen LogP contribution in [0.1, 0.15) is 55.7 Å². The molecule has 1 aromatic rings. The van der Waals surface area contributed by atoms with E-state index in [1.54, 1.807) is 0 Å². The lowest BCUT2D eigenvalue weighted by atomic mass is 9.78. The first-order valence-electron chi connectivity index (χ1n) is 7.05. The third kappa shape index (κ3) is 2.75. The molecule has 0 bridgehead atoms. The van der Waals surface area contributed by atoms with Gasteiger partial charge in [-0.15, -0.1) is 0 Å². The lowest BCUT2D eigenvalue weighted by Gasteiger charge is -2.38. The molecule has 1 fully saturated rings. The zero-order valence-corrected chi connectivity index (χ0v) is 12.1. The van der Waals surface area contributed by atoms with Crippen LogP contribution in [0.2, 0.25) is 0 Å². The van der Waals surface area contributed by atoms with Crippen LogP contribution in [0, 0.1) is 5.92 Å². The minimum atomic E-state index is -0.614. The Bertz CT molecular complexity index is 502. The number of rotatable bonds is 4. The van der Waals surface area contributed by atoms with Crippen molar-refractivity contribution in [1.82, 2.24) is 9.97 Å². The van der Waals surface area contributed by atoms with Crippen LogP contribution in [0.25, 0.3) is 0 Å². The van der Waals surface area contributed by atoms with Crippen molar-refractivity contribution in [2.75, 3.05) is 12.3 Å². The van der Waals surface area contributed by atoms with E-state index >= 15 is 0 Å². The predicted octanol–water partition coefficient (Wildman–Crippen LogP) is 1.60. The molecule has 1 heterocycles. The second-order valence-electron chi connectivity index (χ2n) is 5.49. The highest BCUT2D eigenvalue weighted by molar-refractivity contribution is 5.96. The van der Waals surface area contributed by atoms with Gasteiger partial charge in [0.2, 0.25) is 0 Å². The fourth-order valence-corrected chi connectivity index (χ4v) is 2.98. The second-order valence-corrected chi connectivity index (χ2v) is 5.49. The molecule has 6 heteroatoms. The minimum Gasteiger partial charge on any atom is -0.383 e. The molecule has 1 aliphatic carbocycles. The number of aromatic nitrogens is 2. The van der Waals surface area contributed by atoms with Crippen LogP contribution in [-0.2, 0) is 10.3 Å². The number of primary amides is 1. The molecule has 0 spiro atoms. The lowest BCUT2D eigenvalue weighted by Crippen LogP contribution is -2.37. The molecule has 0 aliphatic heterocycles. The molecular weight excluding hydrogens is 256 g/mol. The van der Waals surface area contributed by atoms with Crippen molar-refractivity contribution >= 4 is 11.7 Å². The summed E-state index contributed by atoms with van der Waals surface area (Å²) in [6.45, 7) is 4.75. The molecular formula is C14H22N4O2. The summed E-state index contributed by atoms with van der Waals surface area (Å²) in [5.41, 5.74) is 10.7. The smallest absolute Gasteiger partial charge is 0.254 e. The number of anilines is 1. The highest BCUT2D eigenvalue weighted by atomic mass is 16.5. The number of hydrogen-bond acceptors (Lipinski definition) is 5. The van der Waals surface area contributed by atoms with Gasteiger partial charge in [0.1, 0.15) is 11.4 Å². The Kier molecular flexibility index (Phi) is 4.23. The van der Waals surface area contributed by atoms with Gasteiger partial charge in [0.15, 0.2) is 5.82 Å². The number of amides is 1. The molecule has 1 aliphatic rings. The summed E-state index contributed by atoms with van der Waals surface area (Å²) in [7, 11) is 0. The number of nitrogens with two attached hydrogens (primary N) is 2. The van der Waals surface area contributed by atoms with Crippen molar-refractivity contribution < 1.29 is 9.53 Å². The number of nitrogens with zero attached hydrogens (tertiary/aromatic N) is 2. The van der Waals surface area contributed by atoms with Crippen LogP contribution in [0.15, 0.2) is 6.20 Å². The van der Waals surface area contributed by atoms with Crippen LogP contribution in [0.5, 0.6) is 0 Å². The van der Waals surface area contributed by atoms with Crippen LogP contribution < -0.4 is 11.5 Å². The highest BCUT2D eigenvalue weighted by Crippen LogP contribution is 2.41. The molecule has 6 nitrogen and oxygen atoms in total. The van der Waals surface area contributed by atoms with Crippen LogP contribution in [0.3, 0.4) is 0 Å². The lowest BCUT2D eigenvalue weighted by molar-refractivity contribution is -0.0880. The highest BCUT2D eigenvalue weighted by Gasteiger charge is 2.40. The Labute approximate surface area is 118 Å². The van der Waals surface area contributed by atoms with Gasteiger partial charge in [0.05, 0.1) is 5.56 Å². The van der Waals surface area contributed by atoms with Crippen LogP contribution in [-0.4, -0.2) is 22.5 Å². The Morgan fingerprint density at radius 1 is 1.60 bits per heavy atom. The van der Waals surface area contributed by atoms with Gasteiger partial charge in [-0.3, -0.25) is 4.79 Å². The summed E-state index contributed by atoms with van der Waals surface area (Å²) in [5.74, 6) is 0.626. The van der Waals surface area contributed by atoms with Crippen LogP contribution in [0.4, 0.5) is 5.82 Å². The Morgan fingerprint density at radius 2 is 2.35 bits per heavy atom. The molecule has 1 saturated carbocycles. The third-order valence-corrected chi connectivity index (χ3v) is 3.87. The number of carbonyl (C=O) groups excluding carboxylic acids is 1. The Balaban J connectivity index is 2.39. The largest absolute Gasteiger partial charge is 0.383 e.